The number of carbonyl (C=O) groups is 2. The maximum absolute atomic E-state index is 11.7. The fourth-order valence-corrected chi connectivity index (χ4v) is 1.33. The molecule has 0 aromatic carbocycles. The van der Waals surface area contributed by atoms with Crippen molar-refractivity contribution >= 4 is 17.7 Å². The molecule has 7 nitrogen and oxygen atoms in total. The number of ether oxygens (including phenoxy) is 3. The summed E-state index contributed by atoms with van der Waals surface area (Å²) in [5, 5.41) is 2.45. The summed E-state index contributed by atoms with van der Waals surface area (Å²) in [7, 11) is 2.68. The van der Waals surface area contributed by atoms with Gasteiger partial charge in [-0.15, -0.1) is 0 Å². The van der Waals surface area contributed by atoms with E-state index in [2.05, 4.69) is 15.0 Å². The van der Waals surface area contributed by atoms with E-state index in [-0.39, 0.29) is 11.4 Å². The van der Waals surface area contributed by atoms with Crippen LogP contribution in [0.15, 0.2) is 12.3 Å². The molecule has 0 radical (unpaired) electrons. The van der Waals surface area contributed by atoms with Gasteiger partial charge in [-0.2, -0.15) is 0 Å². The van der Waals surface area contributed by atoms with Gasteiger partial charge in [-0.3, -0.25) is 5.32 Å². The Labute approximate surface area is 117 Å². The van der Waals surface area contributed by atoms with Crippen LogP contribution in [0.3, 0.4) is 0 Å². The molecule has 0 aliphatic heterocycles. The number of rotatable bonds is 3. The average molecular weight is 282 g/mol. The highest BCUT2D eigenvalue weighted by molar-refractivity contribution is 5.98. The Morgan fingerprint density at radius 1 is 1.25 bits per heavy atom. The second kappa shape index (κ2) is 6.23. The summed E-state index contributed by atoms with van der Waals surface area (Å²) in [5.74, 6) is -0.276. The van der Waals surface area contributed by atoms with Gasteiger partial charge in [0.1, 0.15) is 11.4 Å². The summed E-state index contributed by atoms with van der Waals surface area (Å²) < 4.78 is 14.7. The van der Waals surface area contributed by atoms with Gasteiger partial charge >= 0.3 is 12.1 Å². The maximum atomic E-state index is 11.7. The van der Waals surface area contributed by atoms with E-state index in [1.165, 1.54) is 26.5 Å². The van der Waals surface area contributed by atoms with E-state index >= 15 is 0 Å². The molecule has 0 saturated heterocycles. The predicted octanol–water partition coefficient (Wildman–Crippen LogP) is 2.22. The lowest BCUT2D eigenvalue weighted by molar-refractivity contribution is 0.0595. The Hall–Kier alpha value is -2.31. The summed E-state index contributed by atoms with van der Waals surface area (Å²) in [6, 6.07) is 1.46. The second-order valence-corrected chi connectivity index (χ2v) is 4.89. The number of carbonyl (C=O) groups excluding carboxylic acids is 2. The largest absolute Gasteiger partial charge is 0.495 e. The van der Waals surface area contributed by atoms with Crippen molar-refractivity contribution in [3.8, 4) is 5.75 Å². The summed E-state index contributed by atoms with van der Waals surface area (Å²) in [6.07, 6.45) is 0.657. The summed E-state index contributed by atoms with van der Waals surface area (Å²) in [4.78, 5) is 27.2. The number of hydrogen-bond acceptors (Lipinski definition) is 6. The summed E-state index contributed by atoms with van der Waals surface area (Å²) >= 11 is 0. The monoisotopic (exact) mass is 282 g/mol. The molecule has 1 aromatic heterocycles. The molecular weight excluding hydrogens is 264 g/mol. The number of nitrogens with zero attached hydrogens (tertiary/aromatic N) is 1. The molecule has 0 spiro atoms. The number of aromatic nitrogens is 1. The molecule has 1 aromatic rings. The van der Waals surface area contributed by atoms with Crippen LogP contribution in [0.5, 0.6) is 5.75 Å². The van der Waals surface area contributed by atoms with Crippen LogP contribution in [0.2, 0.25) is 0 Å². The third-order valence-electron chi connectivity index (χ3n) is 2.11. The molecule has 20 heavy (non-hydrogen) atoms. The van der Waals surface area contributed by atoms with Gasteiger partial charge in [0.25, 0.3) is 0 Å². The van der Waals surface area contributed by atoms with Crippen LogP contribution < -0.4 is 10.1 Å². The molecular formula is C13H18N2O5. The van der Waals surface area contributed by atoms with Crippen molar-refractivity contribution in [1.29, 1.82) is 0 Å². The van der Waals surface area contributed by atoms with Gasteiger partial charge in [-0.1, -0.05) is 0 Å². The molecule has 0 bridgehead atoms. The highest BCUT2D eigenvalue weighted by atomic mass is 16.6. The first-order valence-electron chi connectivity index (χ1n) is 5.89. The molecule has 0 unspecified atom stereocenters. The molecule has 0 saturated carbocycles. The normalized spacial score (nSPS) is 10.7. The van der Waals surface area contributed by atoms with Crippen molar-refractivity contribution < 1.29 is 23.8 Å². The van der Waals surface area contributed by atoms with E-state index in [9.17, 15) is 9.59 Å². The lowest BCUT2D eigenvalue weighted by Crippen LogP contribution is -2.28. The molecule has 0 aliphatic rings. The van der Waals surface area contributed by atoms with Crippen molar-refractivity contribution in [1.82, 2.24) is 4.98 Å². The molecule has 110 valence electrons. The van der Waals surface area contributed by atoms with Gasteiger partial charge in [0.2, 0.25) is 0 Å². The lowest BCUT2D eigenvalue weighted by atomic mass is 10.2. The SMILES string of the molecule is COC(=O)c1ncc(OC)cc1NC(=O)OC(C)(C)C. The van der Waals surface area contributed by atoms with Crippen LogP contribution in [-0.4, -0.2) is 36.9 Å². The minimum absolute atomic E-state index is 0.0286. The highest BCUT2D eigenvalue weighted by Gasteiger charge is 2.20. The predicted molar refractivity (Wildman–Crippen MR) is 72.0 cm³/mol. The fourth-order valence-electron chi connectivity index (χ4n) is 1.33. The van der Waals surface area contributed by atoms with Crippen molar-refractivity contribution in [2.75, 3.05) is 19.5 Å². The van der Waals surface area contributed by atoms with Crippen LogP contribution in [0, 0.1) is 0 Å². The van der Waals surface area contributed by atoms with Crippen LogP contribution >= 0.6 is 0 Å². The topological polar surface area (TPSA) is 86.8 Å². The molecule has 1 heterocycles. The van der Waals surface area contributed by atoms with E-state index in [1.54, 1.807) is 20.8 Å². The van der Waals surface area contributed by atoms with Crippen molar-refractivity contribution in [3.05, 3.63) is 18.0 Å². The standard InChI is InChI=1S/C13H18N2O5/c1-13(2,3)20-12(17)15-9-6-8(18-4)7-14-10(9)11(16)19-5/h6-7H,1-5H3,(H,15,17). The molecule has 0 fully saturated rings. The van der Waals surface area contributed by atoms with Crippen LogP contribution in [-0.2, 0) is 9.47 Å². The summed E-state index contributed by atoms with van der Waals surface area (Å²) in [5.41, 5.74) is -0.522. The number of esters is 1. The zero-order valence-electron chi connectivity index (χ0n) is 12.1. The first-order chi connectivity index (χ1) is 9.26. The Bertz CT molecular complexity index is 508. The van der Waals surface area contributed by atoms with Gasteiger partial charge in [0.05, 0.1) is 26.1 Å². The molecule has 0 atom stereocenters. The van der Waals surface area contributed by atoms with Crippen molar-refractivity contribution in [3.63, 3.8) is 0 Å². The Kier molecular flexibility index (Phi) is 4.90. The fraction of sp³-hybridized carbons (Fsp3) is 0.462. The molecule has 1 rings (SSSR count). The van der Waals surface area contributed by atoms with E-state index in [1.807, 2.05) is 0 Å². The van der Waals surface area contributed by atoms with Gasteiger partial charge in [0.15, 0.2) is 5.69 Å². The van der Waals surface area contributed by atoms with Crippen LogP contribution in [0.25, 0.3) is 0 Å². The van der Waals surface area contributed by atoms with Crippen LogP contribution in [0.4, 0.5) is 10.5 Å². The molecule has 1 amide bonds. The number of methoxy groups -OCH3 is 2. The second-order valence-electron chi connectivity index (χ2n) is 4.89. The minimum Gasteiger partial charge on any atom is -0.495 e. The zero-order valence-corrected chi connectivity index (χ0v) is 12.1. The van der Waals surface area contributed by atoms with Crippen molar-refractivity contribution in [2.24, 2.45) is 0 Å². The third kappa shape index (κ3) is 4.42. The Morgan fingerprint density at radius 3 is 2.40 bits per heavy atom. The first-order valence-corrected chi connectivity index (χ1v) is 5.89. The number of amides is 1. The Morgan fingerprint density at radius 2 is 1.90 bits per heavy atom. The number of nitrogens with one attached hydrogen (secondary N) is 1. The van der Waals surface area contributed by atoms with E-state index in [4.69, 9.17) is 9.47 Å². The summed E-state index contributed by atoms with van der Waals surface area (Å²) in [6.45, 7) is 5.20. The smallest absolute Gasteiger partial charge is 0.412 e. The average Bonchev–Trinajstić information content (AvgIpc) is 2.35. The molecule has 1 N–H and O–H groups in total. The lowest BCUT2D eigenvalue weighted by Gasteiger charge is -2.20. The maximum Gasteiger partial charge on any atom is 0.412 e. The number of hydrogen-bond donors (Lipinski definition) is 1. The zero-order chi connectivity index (χ0) is 15.3. The Balaban J connectivity index is 3.01. The third-order valence-corrected chi connectivity index (χ3v) is 2.11. The molecule has 7 heteroatoms. The van der Waals surface area contributed by atoms with Crippen molar-refractivity contribution in [2.45, 2.75) is 26.4 Å². The van der Waals surface area contributed by atoms with E-state index < -0.39 is 17.7 Å². The van der Waals surface area contributed by atoms with Gasteiger partial charge in [-0.25, -0.2) is 14.6 Å². The van der Waals surface area contributed by atoms with Gasteiger partial charge in [-0.05, 0) is 20.8 Å². The minimum atomic E-state index is -0.697. The molecule has 0 aliphatic carbocycles. The van der Waals surface area contributed by atoms with Gasteiger partial charge < -0.3 is 14.2 Å². The van der Waals surface area contributed by atoms with E-state index in [0.29, 0.717) is 5.75 Å². The first kappa shape index (κ1) is 15.7. The van der Waals surface area contributed by atoms with Gasteiger partial charge in [0, 0.05) is 6.07 Å². The van der Waals surface area contributed by atoms with E-state index in [0.717, 1.165) is 0 Å². The number of anilines is 1. The highest BCUT2D eigenvalue weighted by Crippen LogP contribution is 2.21. The number of pyridine rings is 1. The quantitative estimate of drug-likeness (QED) is 0.855. The van der Waals surface area contributed by atoms with Crippen LogP contribution in [0.1, 0.15) is 31.3 Å².